The van der Waals surface area contributed by atoms with E-state index in [0.717, 1.165) is 32.9 Å². The molecule has 2 aromatic rings. The van der Waals surface area contributed by atoms with Crippen LogP contribution in [0.2, 0.25) is 0 Å². The predicted octanol–water partition coefficient (Wildman–Crippen LogP) is 2.54. The van der Waals surface area contributed by atoms with Crippen LogP contribution in [0.3, 0.4) is 0 Å². The molecule has 0 saturated heterocycles. The molecule has 16 heavy (non-hydrogen) atoms. The number of anilines is 1. The lowest BCUT2D eigenvalue weighted by Gasteiger charge is -2.01. The number of nitrogens with two attached hydrogens (primary N) is 1. The third kappa shape index (κ3) is 2.51. The van der Waals surface area contributed by atoms with E-state index in [4.69, 9.17) is 5.73 Å². The Morgan fingerprint density at radius 2 is 2.31 bits per heavy atom. The Morgan fingerprint density at radius 1 is 1.50 bits per heavy atom. The lowest BCUT2D eigenvalue weighted by molar-refractivity contribution is 0.970. The van der Waals surface area contributed by atoms with Gasteiger partial charge in [0.05, 0.1) is 0 Å². The molecule has 0 atom stereocenters. The predicted molar refractivity (Wildman–Crippen MR) is 66.8 cm³/mol. The van der Waals surface area contributed by atoms with E-state index in [2.05, 4.69) is 14.3 Å². The first-order valence-corrected chi connectivity index (χ1v) is 6.50. The Hall–Kier alpha value is -1.14. The molecule has 2 heterocycles. The number of nitrogens with zero attached hydrogens (tertiary/aromatic N) is 3. The monoisotopic (exact) mass is 252 g/mol. The maximum Gasteiger partial charge on any atom is 0.176 e. The van der Waals surface area contributed by atoms with Gasteiger partial charge in [0.1, 0.15) is 10.9 Å². The lowest BCUT2D eigenvalue weighted by atomic mass is 10.3. The molecule has 0 aromatic carbocycles. The normalized spacial score (nSPS) is 10.6. The highest BCUT2D eigenvalue weighted by Gasteiger charge is 2.06. The molecular weight excluding hydrogens is 240 g/mol. The van der Waals surface area contributed by atoms with Crippen molar-refractivity contribution in [1.29, 1.82) is 0 Å². The topological polar surface area (TPSA) is 64.7 Å². The third-order valence-electron chi connectivity index (χ3n) is 2.08. The maximum atomic E-state index is 5.82. The van der Waals surface area contributed by atoms with Crippen molar-refractivity contribution >= 4 is 29.0 Å². The minimum absolute atomic E-state index is 0.762. The second-order valence-corrected chi connectivity index (χ2v) is 5.33. The average molecular weight is 252 g/mol. The van der Waals surface area contributed by atoms with Crippen LogP contribution in [0.15, 0.2) is 21.6 Å². The van der Waals surface area contributed by atoms with Crippen LogP contribution in [0, 0.1) is 6.92 Å². The van der Waals surface area contributed by atoms with Gasteiger partial charge in [0, 0.05) is 18.3 Å². The summed E-state index contributed by atoms with van der Waals surface area (Å²) >= 11 is 2.90. The number of hydrogen-bond donors (Lipinski definition) is 1. The Bertz CT molecular complexity index is 495. The molecule has 2 rings (SSSR count). The van der Waals surface area contributed by atoms with E-state index in [1.54, 1.807) is 6.20 Å². The van der Waals surface area contributed by atoms with Crippen LogP contribution in [0.25, 0.3) is 0 Å². The van der Waals surface area contributed by atoms with Crippen LogP contribution < -0.4 is 5.73 Å². The van der Waals surface area contributed by atoms with Crippen molar-refractivity contribution in [2.45, 2.75) is 29.6 Å². The van der Waals surface area contributed by atoms with E-state index in [1.807, 2.05) is 19.9 Å². The van der Waals surface area contributed by atoms with Gasteiger partial charge in [-0.1, -0.05) is 6.92 Å². The molecule has 6 heteroatoms. The molecule has 0 unspecified atom stereocenters. The van der Waals surface area contributed by atoms with E-state index in [1.165, 1.54) is 23.3 Å². The minimum Gasteiger partial charge on any atom is -0.398 e. The number of rotatable bonds is 3. The largest absolute Gasteiger partial charge is 0.398 e. The molecule has 2 N–H and O–H groups in total. The fourth-order valence-electron chi connectivity index (χ4n) is 1.09. The summed E-state index contributed by atoms with van der Waals surface area (Å²) in [6.07, 6.45) is 2.64. The van der Waals surface area contributed by atoms with Crippen molar-refractivity contribution in [3.63, 3.8) is 0 Å². The summed E-state index contributed by atoms with van der Waals surface area (Å²) in [4.78, 5) is 8.66. The number of pyridine rings is 1. The van der Waals surface area contributed by atoms with Crippen LogP contribution in [0.4, 0.5) is 5.69 Å². The molecule has 2 aromatic heterocycles. The van der Waals surface area contributed by atoms with Crippen LogP contribution in [0.5, 0.6) is 0 Å². The van der Waals surface area contributed by atoms with Gasteiger partial charge >= 0.3 is 0 Å². The zero-order chi connectivity index (χ0) is 11.5. The molecule has 84 valence electrons. The number of aromatic nitrogens is 3. The number of nitrogen functional groups attached to an aromatic ring is 1. The first-order valence-electron chi connectivity index (χ1n) is 4.91. The van der Waals surface area contributed by atoms with Gasteiger partial charge in [-0.25, -0.2) is 9.97 Å². The maximum absolute atomic E-state index is 5.82. The SMILES string of the molecule is CCc1nsc(Sc2cc(N)c(C)cn2)n1. The molecule has 0 radical (unpaired) electrons. The van der Waals surface area contributed by atoms with Gasteiger partial charge in [-0.3, -0.25) is 0 Å². The average Bonchev–Trinajstić information content (AvgIpc) is 2.71. The van der Waals surface area contributed by atoms with E-state index in [-0.39, 0.29) is 0 Å². The highest BCUT2D eigenvalue weighted by atomic mass is 32.2. The van der Waals surface area contributed by atoms with Gasteiger partial charge in [0.25, 0.3) is 0 Å². The van der Waals surface area contributed by atoms with Crippen molar-refractivity contribution in [2.24, 2.45) is 0 Å². The standard InChI is InChI=1S/C10H12N4S2/c1-3-8-13-10(16-14-8)15-9-4-7(11)6(2)5-12-9/h4-5H,3H2,1-2H3,(H2,11,12). The van der Waals surface area contributed by atoms with Crippen LogP contribution in [-0.2, 0) is 6.42 Å². The highest BCUT2D eigenvalue weighted by molar-refractivity contribution is 8.00. The first kappa shape index (κ1) is 11.3. The number of hydrogen-bond acceptors (Lipinski definition) is 6. The van der Waals surface area contributed by atoms with E-state index in [0.29, 0.717) is 0 Å². The Labute approximate surface area is 102 Å². The molecule has 0 aliphatic carbocycles. The zero-order valence-corrected chi connectivity index (χ0v) is 10.7. The van der Waals surface area contributed by atoms with E-state index < -0.39 is 0 Å². The molecule has 0 aliphatic rings. The van der Waals surface area contributed by atoms with Crippen molar-refractivity contribution in [2.75, 3.05) is 5.73 Å². The molecule has 0 amide bonds. The van der Waals surface area contributed by atoms with Gasteiger partial charge in [-0.05, 0) is 41.8 Å². The smallest absolute Gasteiger partial charge is 0.176 e. The second kappa shape index (κ2) is 4.80. The summed E-state index contributed by atoms with van der Waals surface area (Å²) < 4.78 is 5.13. The van der Waals surface area contributed by atoms with Gasteiger partial charge in [0.15, 0.2) is 4.34 Å². The Morgan fingerprint density at radius 3 is 2.94 bits per heavy atom. The van der Waals surface area contributed by atoms with Crippen molar-refractivity contribution in [3.8, 4) is 0 Å². The van der Waals surface area contributed by atoms with Gasteiger partial charge in [-0.15, -0.1) is 0 Å². The fraction of sp³-hybridized carbons (Fsp3) is 0.300. The molecular formula is C10H12N4S2. The Balaban J connectivity index is 2.17. The quantitative estimate of drug-likeness (QED) is 0.909. The molecule has 4 nitrogen and oxygen atoms in total. The molecule has 0 aliphatic heterocycles. The Kier molecular flexibility index (Phi) is 3.40. The van der Waals surface area contributed by atoms with E-state index in [9.17, 15) is 0 Å². The van der Waals surface area contributed by atoms with E-state index >= 15 is 0 Å². The third-order valence-corrected chi connectivity index (χ3v) is 3.80. The molecule has 0 fully saturated rings. The number of aryl methyl sites for hydroxylation is 2. The van der Waals surface area contributed by atoms with Crippen molar-refractivity contribution in [3.05, 3.63) is 23.7 Å². The summed E-state index contributed by atoms with van der Waals surface area (Å²) in [7, 11) is 0. The minimum atomic E-state index is 0.762. The van der Waals surface area contributed by atoms with Gasteiger partial charge in [-0.2, -0.15) is 4.37 Å². The fourth-order valence-corrected chi connectivity index (χ4v) is 2.73. The van der Waals surface area contributed by atoms with Crippen molar-refractivity contribution in [1.82, 2.24) is 14.3 Å². The molecule has 0 saturated carbocycles. The van der Waals surface area contributed by atoms with Crippen LogP contribution >= 0.6 is 23.3 Å². The van der Waals surface area contributed by atoms with Crippen molar-refractivity contribution < 1.29 is 0 Å². The first-order chi connectivity index (χ1) is 7.69. The highest BCUT2D eigenvalue weighted by Crippen LogP contribution is 2.29. The lowest BCUT2D eigenvalue weighted by Crippen LogP contribution is -1.91. The zero-order valence-electron chi connectivity index (χ0n) is 9.10. The summed E-state index contributed by atoms with van der Waals surface area (Å²) in [5.74, 6) is 0.882. The van der Waals surface area contributed by atoms with Crippen LogP contribution in [-0.4, -0.2) is 14.3 Å². The summed E-state index contributed by atoms with van der Waals surface area (Å²) in [6, 6.07) is 1.87. The van der Waals surface area contributed by atoms with Gasteiger partial charge < -0.3 is 5.73 Å². The molecule has 0 spiro atoms. The second-order valence-electron chi connectivity index (χ2n) is 3.31. The summed E-state index contributed by atoms with van der Waals surface area (Å²) in [5.41, 5.74) is 7.58. The summed E-state index contributed by atoms with van der Waals surface area (Å²) in [5, 5.41) is 0.863. The van der Waals surface area contributed by atoms with Gasteiger partial charge in [0.2, 0.25) is 0 Å². The van der Waals surface area contributed by atoms with Crippen LogP contribution in [0.1, 0.15) is 18.3 Å². The summed E-state index contributed by atoms with van der Waals surface area (Å²) in [6.45, 7) is 3.98. The molecule has 0 bridgehead atoms.